The highest BCUT2D eigenvalue weighted by molar-refractivity contribution is 5.84. The number of hydrogen-bond acceptors (Lipinski definition) is 4. The summed E-state index contributed by atoms with van der Waals surface area (Å²) >= 11 is 0. The van der Waals surface area contributed by atoms with Gasteiger partial charge in [-0.2, -0.15) is 0 Å². The smallest absolute Gasteiger partial charge is 0.358 e. The highest BCUT2D eigenvalue weighted by Crippen LogP contribution is 2.42. The Morgan fingerprint density at radius 1 is 1.23 bits per heavy atom. The van der Waals surface area contributed by atoms with Gasteiger partial charge in [-0.25, -0.2) is 18.3 Å². The number of amides is 1. The van der Waals surface area contributed by atoms with Gasteiger partial charge in [-0.05, 0) is 25.0 Å². The molecule has 1 fully saturated rings. The molecule has 2 N–H and O–H groups in total. The fourth-order valence-electron chi connectivity index (χ4n) is 3.52. The van der Waals surface area contributed by atoms with Crippen LogP contribution in [-0.4, -0.2) is 38.5 Å². The Kier molecular flexibility index (Phi) is 4.97. The molecular formula is C17H18F2N4O3. The lowest BCUT2D eigenvalue weighted by Crippen LogP contribution is -2.41. The number of aromatic nitrogens is 3. The first-order valence-electron chi connectivity index (χ1n) is 8.26. The topological polar surface area (TPSA) is 97.1 Å². The van der Waals surface area contributed by atoms with E-state index in [4.69, 9.17) is 5.11 Å². The van der Waals surface area contributed by atoms with E-state index in [1.165, 1.54) is 18.2 Å². The number of carboxylic acids is 1. The van der Waals surface area contributed by atoms with Crippen molar-refractivity contribution >= 4 is 11.9 Å². The fraction of sp³-hybridized carbons (Fsp3) is 0.412. The number of aromatic carboxylic acids is 1. The van der Waals surface area contributed by atoms with Gasteiger partial charge < -0.3 is 10.4 Å². The van der Waals surface area contributed by atoms with Crippen molar-refractivity contribution < 1.29 is 23.5 Å². The summed E-state index contributed by atoms with van der Waals surface area (Å²) in [5.41, 5.74) is -1.02. The maximum Gasteiger partial charge on any atom is 0.358 e. The number of nitrogens with zero attached hydrogens (tertiary/aromatic N) is 3. The lowest BCUT2D eigenvalue weighted by molar-refractivity contribution is -0.122. The summed E-state index contributed by atoms with van der Waals surface area (Å²) in [6.07, 6.45) is 3.96. The molecule has 3 rings (SSSR count). The van der Waals surface area contributed by atoms with Gasteiger partial charge >= 0.3 is 5.97 Å². The van der Waals surface area contributed by atoms with Gasteiger partial charge in [0.15, 0.2) is 5.69 Å². The van der Waals surface area contributed by atoms with Crippen LogP contribution in [0.15, 0.2) is 24.4 Å². The minimum atomic E-state index is -1.24. The average molecular weight is 364 g/mol. The lowest BCUT2D eigenvalue weighted by atomic mass is 9.78. The summed E-state index contributed by atoms with van der Waals surface area (Å²) in [5, 5.41) is 18.5. The Morgan fingerprint density at radius 3 is 2.46 bits per heavy atom. The molecule has 1 aliphatic rings. The number of benzene rings is 1. The van der Waals surface area contributed by atoms with E-state index in [9.17, 15) is 18.4 Å². The van der Waals surface area contributed by atoms with Crippen molar-refractivity contribution in [3.63, 3.8) is 0 Å². The number of halogens is 2. The maximum atomic E-state index is 14.3. The van der Waals surface area contributed by atoms with E-state index in [0.717, 1.165) is 23.7 Å². The first-order valence-corrected chi connectivity index (χ1v) is 8.26. The number of carbonyl (C=O) groups is 2. The van der Waals surface area contributed by atoms with Crippen molar-refractivity contribution in [1.29, 1.82) is 0 Å². The van der Waals surface area contributed by atoms with Crippen LogP contribution < -0.4 is 5.32 Å². The Morgan fingerprint density at radius 2 is 1.88 bits per heavy atom. The summed E-state index contributed by atoms with van der Waals surface area (Å²) in [6.45, 7) is -0.125. The second-order valence-corrected chi connectivity index (χ2v) is 6.47. The van der Waals surface area contributed by atoms with E-state index >= 15 is 0 Å². The van der Waals surface area contributed by atoms with Crippen LogP contribution in [0.5, 0.6) is 0 Å². The molecule has 1 amide bonds. The van der Waals surface area contributed by atoms with Gasteiger partial charge in [0, 0.05) is 17.5 Å². The molecule has 0 radical (unpaired) electrons. The fourth-order valence-corrected chi connectivity index (χ4v) is 3.52. The van der Waals surface area contributed by atoms with E-state index in [0.29, 0.717) is 12.8 Å². The Bertz CT molecular complexity index is 811. The molecule has 0 spiro atoms. The second-order valence-electron chi connectivity index (χ2n) is 6.47. The van der Waals surface area contributed by atoms with Gasteiger partial charge in [-0.15, -0.1) is 5.10 Å². The molecule has 7 nitrogen and oxygen atoms in total. The third kappa shape index (κ3) is 3.56. The van der Waals surface area contributed by atoms with Crippen molar-refractivity contribution in [2.45, 2.75) is 37.6 Å². The van der Waals surface area contributed by atoms with Crippen LogP contribution in [0.1, 0.15) is 41.7 Å². The molecule has 0 bridgehead atoms. The SMILES string of the molecule is O=C(Cn1cc(C(=O)O)nn1)NCC1(c2c(F)cccc2F)CCCC1. The normalized spacial score (nSPS) is 15.8. The monoisotopic (exact) mass is 364 g/mol. The van der Waals surface area contributed by atoms with Crippen LogP contribution in [-0.2, 0) is 16.8 Å². The highest BCUT2D eigenvalue weighted by Gasteiger charge is 2.40. The van der Waals surface area contributed by atoms with E-state index in [-0.39, 0.29) is 24.3 Å². The highest BCUT2D eigenvalue weighted by atomic mass is 19.1. The third-order valence-corrected chi connectivity index (χ3v) is 4.74. The zero-order valence-electron chi connectivity index (χ0n) is 13.9. The molecule has 138 valence electrons. The van der Waals surface area contributed by atoms with Crippen LogP contribution >= 0.6 is 0 Å². The summed E-state index contributed by atoms with van der Waals surface area (Å²) in [7, 11) is 0. The minimum Gasteiger partial charge on any atom is -0.476 e. The first-order chi connectivity index (χ1) is 12.4. The van der Waals surface area contributed by atoms with Crippen molar-refractivity contribution in [2.24, 2.45) is 0 Å². The molecule has 26 heavy (non-hydrogen) atoms. The molecule has 9 heteroatoms. The van der Waals surface area contributed by atoms with Crippen molar-refractivity contribution in [3.05, 3.63) is 47.3 Å². The van der Waals surface area contributed by atoms with Gasteiger partial charge in [-0.1, -0.05) is 24.1 Å². The predicted octanol–water partition coefficient (Wildman–Crippen LogP) is 1.88. The van der Waals surface area contributed by atoms with Gasteiger partial charge in [0.1, 0.15) is 18.2 Å². The third-order valence-electron chi connectivity index (χ3n) is 4.74. The van der Waals surface area contributed by atoms with Crippen LogP contribution in [0.25, 0.3) is 0 Å². The summed E-state index contributed by atoms with van der Waals surface area (Å²) < 4.78 is 29.6. The molecule has 2 aromatic rings. The summed E-state index contributed by atoms with van der Waals surface area (Å²) in [5.74, 6) is -2.89. The van der Waals surface area contributed by atoms with Gasteiger partial charge in [0.2, 0.25) is 5.91 Å². The zero-order chi connectivity index (χ0) is 18.7. The minimum absolute atomic E-state index is 0.0201. The molecule has 1 heterocycles. The largest absolute Gasteiger partial charge is 0.476 e. The summed E-state index contributed by atoms with van der Waals surface area (Å²) in [4.78, 5) is 22.9. The lowest BCUT2D eigenvalue weighted by Gasteiger charge is -2.30. The molecule has 0 atom stereocenters. The molecule has 0 saturated heterocycles. The van der Waals surface area contributed by atoms with Gasteiger partial charge in [0.05, 0.1) is 6.20 Å². The van der Waals surface area contributed by atoms with Crippen molar-refractivity contribution in [1.82, 2.24) is 20.3 Å². The predicted molar refractivity (Wildman–Crippen MR) is 86.5 cm³/mol. The van der Waals surface area contributed by atoms with Gasteiger partial charge in [0.25, 0.3) is 0 Å². The Balaban J connectivity index is 1.71. The summed E-state index contributed by atoms with van der Waals surface area (Å²) in [6, 6.07) is 3.77. The molecule has 0 aliphatic heterocycles. The standard InChI is InChI=1S/C17H18F2N4O3/c18-11-4-3-5-12(19)15(11)17(6-1-2-7-17)10-20-14(24)9-23-8-13(16(25)26)21-22-23/h3-5,8H,1-2,6-7,9-10H2,(H,20,24)(H,25,26). The van der Waals surface area contributed by atoms with Crippen molar-refractivity contribution in [3.8, 4) is 0 Å². The number of hydrogen-bond donors (Lipinski definition) is 2. The molecule has 1 saturated carbocycles. The number of carbonyl (C=O) groups excluding carboxylic acids is 1. The first kappa shape index (κ1) is 18.0. The number of carboxylic acid groups (broad SMARTS) is 1. The van der Waals surface area contributed by atoms with Crippen molar-refractivity contribution in [2.75, 3.05) is 6.54 Å². The van der Waals surface area contributed by atoms with E-state index < -0.39 is 28.9 Å². The quantitative estimate of drug-likeness (QED) is 0.816. The Hall–Kier alpha value is -2.84. The molecular weight excluding hydrogens is 346 g/mol. The van der Waals surface area contributed by atoms with Crippen LogP contribution in [0, 0.1) is 11.6 Å². The zero-order valence-corrected chi connectivity index (χ0v) is 13.9. The van der Waals surface area contributed by atoms with E-state index in [1.807, 2.05) is 0 Å². The Labute approximate surface area is 148 Å². The second kappa shape index (κ2) is 7.19. The number of nitrogens with one attached hydrogen (secondary N) is 1. The van der Waals surface area contributed by atoms with Crippen LogP contribution in [0.4, 0.5) is 8.78 Å². The molecule has 1 aliphatic carbocycles. The molecule has 0 unspecified atom stereocenters. The maximum absolute atomic E-state index is 14.3. The number of rotatable bonds is 6. The van der Waals surface area contributed by atoms with Crippen LogP contribution in [0.3, 0.4) is 0 Å². The van der Waals surface area contributed by atoms with E-state index in [2.05, 4.69) is 15.6 Å². The average Bonchev–Trinajstić information content (AvgIpc) is 3.23. The molecule has 1 aromatic carbocycles. The van der Waals surface area contributed by atoms with E-state index in [1.54, 1.807) is 0 Å². The van der Waals surface area contributed by atoms with Crippen LogP contribution in [0.2, 0.25) is 0 Å². The van der Waals surface area contributed by atoms with Gasteiger partial charge in [-0.3, -0.25) is 4.79 Å². The molecule has 1 aromatic heterocycles.